The SMILES string of the molecule is CC(C)CC(CN(C)C)NC(=O)NC(C)COc1ccc(F)cc1. The van der Waals surface area contributed by atoms with E-state index in [1.807, 2.05) is 21.0 Å². The molecule has 0 fully saturated rings. The zero-order valence-electron chi connectivity index (χ0n) is 15.3. The number of carbonyl (C=O) groups is 1. The van der Waals surface area contributed by atoms with Crippen LogP contribution in [0.2, 0.25) is 0 Å². The molecule has 1 aromatic rings. The van der Waals surface area contributed by atoms with Crippen LogP contribution in [0.1, 0.15) is 27.2 Å². The van der Waals surface area contributed by atoms with Gasteiger partial charge in [-0.05, 0) is 57.6 Å². The topological polar surface area (TPSA) is 53.6 Å². The van der Waals surface area contributed by atoms with E-state index in [0.29, 0.717) is 18.3 Å². The first-order chi connectivity index (χ1) is 11.3. The van der Waals surface area contributed by atoms with Gasteiger partial charge in [-0.2, -0.15) is 0 Å². The summed E-state index contributed by atoms with van der Waals surface area (Å²) in [5, 5.41) is 5.89. The number of nitrogens with one attached hydrogen (secondary N) is 2. The average Bonchev–Trinajstić information content (AvgIpc) is 2.45. The number of rotatable bonds is 9. The van der Waals surface area contributed by atoms with Crippen LogP contribution in [-0.4, -0.2) is 50.3 Å². The molecule has 136 valence electrons. The maximum absolute atomic E-state index is 12.8. The first-order valence-electron chi connectivity index (χ1n) is 8.36. The molecule has 0 aliphatic heterocycles. The molecular formula is C18H30FN3O2. The summed E-state index contributed by atoms with van der Waals surface area (Å²) in [7, 11) is 3.98. The number of hydrogen-bond donors (Lipinski definition) is 2. The zero-order chi connectivity index (χ0) is 18.1. The van der Waals surface area contributed by atoms with Crippen molar-refractivity contribution < 1.29 is 13.9 Å². The standard InChI is InChI=1S/C18H30FN3O2/c1-13(2)10-16(11-22(4)5)21-18(23)20-14(3)12-24-17-8-6-15(19)7-9-17/h6-9,13-14,16H,10-12H2,1-5H3,(H2,20,21,23). The Labute approximate surface area is 144 Å². The molecule has 0 radical (unpaired) electrons. The van der Waals surface area contributed by atoms with Gasteiger partial charge in [-0.15, -0.1) is 0 Å². The molecule has 2 amide bonds. The van der Waals surface area contributed by atoms with Crippen LogP contribution in [0.15, 0.2) is 24.3 Å². The summed E-state index contributed by atoms with van der Waals surface area (Å²) in [5.41, 5.74) is 0. The fourth-order valence-corrected chi connectivity index (χ4v) is 2.43. The number of amides is 2. The molecule has 0 heterocycles. The van der Waals surface area contributed by atoms with Gasteiger partial charge in [-0.25, -0.2) is 9.18 Å². The van der Waals surface area contributed by atoms with Crippen LogP contribution in [0.25, 0.3) is 0 Å². The molecule has 0 aromatic heterocycles. The van der Waals surface area contributed by atoms with Crippen molar-refractivity contribution in [2.45, 2.75) is 39.3 Å². The molecule has 0 bridgehead atoms. The average molecular weight is 339 g/mol. The van der Waals surface area contributed by atoms with Crippen LogP contribution in [0.5, 0.6) is 5.75 Å². The number of likely N-dealkylation sites (N-methyl/N-ethyl adjacent to an activating group) is 1. The summed E-state index contributed by atoms with van der Waals surface area (Å²) < 4.78 is 18.4. The van der Waals surface area contributed by atoms with Crippen LogP contribution in [-0.2, 0) is 0 Å². The van der Waals surface area contributed by atoms with E-state index in [1.165, 1.54) is 12.1 Å². The number of urea groups is 1. The number of benzene rings is 1. The summed E-state index contributed by atoms with van der Waals surface area (Å²) in [4.78, 5) is 14.2. The Kier molecular flexibility index (Phi) is 8.54. The van der Waals surface area contributed by atoms with Gasteiger partial charge in [0, 0.05) is 12.6 Å². The minimum atomic E-state index is -0.301. The minimum absolute atomic E-state index is 0.102. The summed E-state index contributed by atoms with van der Waals surface area (Å²) in [5.74, 6) is 0.787. The van der Waals surface area contributed by atoms with Gasteiger partial charge in [0.1, 0.15) is 18.2 Å². The second-order valence-corrected chi connectivity index (χ2v) is 6.87. The van der Waals surface area contributed by atoms with Gasteiger partial charge in [-0.3, -0.25) is 0 Å². The van der Waals surface area contributed by atoms with Crippen molar-refractivity contribution in [1.29, 1.82) is 0 Å². The molecule has 2 unspecified atom stereocenters. The molecular weight excluding hydrogens is 309 g/mol. The maximum atomic E-state index is 12.8. The van der Waals surface area contributed by atoms with E-state index in [1.54, 1.807) is 12.1 Å². The smallest absolute Gasteiger partial charge is 0.315 e. The van der Waals surface area contributed by atoms with Crippen molar-refractivity contribution in [2.75, 3.05) is 27.2 Å². The monoisotopic (exact) mass is 339 g/mol. The second kappa shape index (κ2) is 10.1. The van der Waals surface area contributed by atoms with Crippen LogP contribution in [0, 0.1) is 11.7 Å². The fourth-order valence-electron chi connectivity index (χ4n) is 2.43. The largest absolute Gasteiger partial charge is 0.491 e. The van der Waals surface area contributed by atoms with E-state index in [-0.39, 0.29) is 23.9 Å². The number of carbonyl (C=O) groups excluding carboxylic acids is 1. The third-order valence-corrected chi connectivity index (χ3v) is 3.37. The molecule has 0 spiro atoms. The lowest BCUT2D eigenvalue weighted by Crippen LogP contribution is -2.50. The Bertz CT molecular complexity index is 482. The van der Waals surface area contributed by atoms with Crippen molar-refractivity contribution in [3.8, 4) is 5.75 Å². The van der Waals surface area contributed by atoms with Gasteiger partial charge in [0.25, 0.3) is 0 Å². The summed E-state index contributed by atoms with van der Waals surface area (Å²) >= 11 is 0. The number of ether oxygens (including phenoxy) is 1. The molecule has 0 saturated heterocycles. The Morgan fingerprint density at radius 1 is 1.17 bits per heavy atom. The van der Waals surface area contributed by atoms with E-state index in [9.17, 15) is 9.18 Å². The van der Waals surface area contributed by atoms with Gasteiger partial charge in [0.05, 0.1) is 6.04 Å². The van der Waals surface area contributed by atoms with E-state index in [2.05, 4.69) is 29.4 Å². The number of hydrogen-bond acceptors (Lipinski definition) is 3. The van der Waals surface area contributed by atoms with Crippen LogP contribution in [0.3, 0.4) is 0 Å². The Morgan fingerprint density at radius 3 is 2.33 bits per heavy atom. The predicted molar refractivity (Wildman–Crippen MR) is 94.8 cm³/mol. The van der Waals surface area contributed by atoms with Crippen molar-refractivity contribution >= 4 is 6.03 Å². The van der Waals surface area contributed by atoms with Gasteiger partial charge in [0.2, 0.25) is 0 Å². The molecule has 1 aromatic carbocycles. The Balaban J connectivity index is 2.39. The highest BCUT2D eigenvalue weighted by Gasteiger charge is 2.16. The van der Waals surface area contributed by atoms with E-state index >= 15 is 0 Å². The van der Waals surface area contributed by atoms with E-state index < -0.39 is 0 Å². The van der Waals surface area contributed by atoms with Crippen LogP contribution in [0.4, 0.5) is 9.18 Å². The minimum Gasteiger partial charge on any atom is -0.491 e. The van der Waals surface area contributed by atoms with Gasteiger partial charge < -0.3 is 20.3 Å². The Morgan fingerprint density at radius 2 is 1.79 bits per heavy atom. The van der Waals surface area contributed by atoms with Gasteiger partial charge in [-0.1, -0.05) is 13.8 Å². The van der Waals surface area contributed by atoms with Crippen molar-refractivity contribution in [2.24, 2.45) is 5.92 Å². The van der Waals surface area contributed by atoms with E-state index in [4.69, 9.17) is 4.74 Å². The Hall–Kier alpha value is -1.82. The summed E-state index contributed by atoms with van der Waals surface area (Å²) in [6, 6.07) is 5.57. The summed E-state index contributed by atoms with van der Waals surface area (Å²) in [6.07, 6.45) is 0.923. The lowest BCUT2D eigenvalue weighted by atomic mass is 10.0. The highest BCUT2D eigenvalue weighted by molar-refractivity contribution is 5.74. The third-order valence-electron chi connectivity index (χ3n) is 3.37. The molecule has 0 aliphatic rings. The van der Waals surface area contributed by atoms with E-state index in [0.717, 1.165) is 13.0 Å². The first-order valence-corrected chi connectivity index (χ1v) is 8.36. The normalized spacial score (nSPS) is 13.7. The van der Waals surface area contributed by atoms with Crippen LogP contribution >= 0.6 is 0 Å². The molecule has 1 rings (SSSR count). The molecule has 2 atom stereocenters. The molecule has 6 heteroatoms. The summed E-state index contributed by atoms with van der Waals surface area (Å²) in [6.45, 7) is 7.27. The van der Waals surface area contributed by atoms with Gasteiger partial charge in [0.15, 0.2) is 0 Å². The maximum Gasteiger partial charge on any atom is 0.315 e. The quantitative estimate of drug-likeness (QED) is 0.727. The third kappa shape index (κ3) is 8.72. The van der Waals surface area contributed by atoms with Crippen molar-refractivity contribution in [3.05, 3.63) is 30.1 Å². The van der Waals surface area contributed by atoms with Crippen molar-refractivity contribution in [1.82, 2.24) is 15.5 Å². The molecule has 0 aliphatic carbocycles. The van der Waals surface area contributed by atoms with Crippen LogP contribution < -0.4 is 15.4 Å². The first kappa shape index (κ1) is 20.2. The molecule has 2 N–H and O–H groups in total. The molecule has 24 heavy (non-hydrogen) atoms. The molecule has 5 nitrogen and oxygen atoms in total. The number of nitrogens with zero attached hydrogens (tertiary/aromatic N) is 1. The number of halogens is 1. The molecule has 0 saturated carbocycles. The highest BCUT2D eigenvalue weighted by Crippen LogP contribution is 2.11. The second-order valence-electron chi connectivity index (χ2n) is 6.87. The highest BCUT2D eigenvalue weighted by atomic mass is 19.1. The lowest BCUT2D eigenvalue weighted by molar-refractivity contribution is 0.216. The van der Waals surface area contributed by atoms with Gasteiger partial charge >= 0.3 is 6.03 Å². The predicted octanol–water partition coefficient (Wildman–Crippen LogP) is 2.87. The lowest BCUT2D eigenvalue weighted by Gasteiger charge is -2.25. The zero-order valence-corrected chi connectivity index (χ0v) is 15.3. The fraction of sp³-hybridized carbons (Fsp3) is 0.611. The van der Waals surface area contributed by atoms with Crippen molar-refractivity contribution in [3.63, 3.8) is 0 Å².